The van der Waals surface area contributed by atoms with Gasteiger partial charge in [-0.1, -0.05) is 0 Å². The maximum atomic E-state index is 10.7. The maximum Gasteiger partial charge on any atom is 0.182 e. The van der Waals surface area contributed by atoms with E-state index in [0.717, 1.165) is 0 Å². The molecule has 0 fully saturated rings. The second kappa shape index (κ2) is 6.88. The Hall–Kier alpha value is -2.61. The molecule has 1 heterocycles. The van der Waals surface area contributed by atoms with Crippen LogP contribution in [-0.2, 0) is 4.74 Å². The summed E-state index contributed by atoms with van der Waals surface area (Å²) in [4.78, 5) is 4.51. The molecule has 1 aromatic rings. The molecule has 0 saturated heterocycles. The van der Waals surface area contributed by atoms with E-state index < -0.39 is 23.9 Å². The van der Waals surface area contributed by atoms with Gasteiger partial charge < -0.3 is 14.6 Å². The summed E-state index contributed by atoms with van der Waals surface area (Å²) >= 11 is 0. The van der Waals surface area contributed by atoms with Gasteiger partial charge in [0.05, 0.1) is 11.6 Å². The van der Waals surface area contributed by atoms with Crippen molar-refractivity contribution in [1.82, 2.24) is 5.32 Å². The van der Waals surface area contributed by atoms with Gasteiger partial charge in [-0.3, -0.25) is 10.3 Å². The van der Waals surface area contributed by atoms with Gasteiger partial charge in [-0.05, 0) is 39.0 Å². The van der Waals surface area contributed by atoms with Gasteiger partial charge in [-0.15, -0.1) is 0 Å². The third-order valence-corrected chi connectivity index (χ3v) is 4.04. The van der Waals surface area contributed by atoms with E-state index in [4.69, 9.17) is 20.0 Å². The lowest BCUT2D eigenvalue weighted by Gasteiger charge is -2.40. The smallest absolute Gasteiger partial charge is 0.182 e. The Bertz CT molecular complexity index is 730. The van der Waals surface area contributed by atoms with Gasteiger partial charge in [0.15, 0.2) is 6.19 Å². The number of aliphatic hydroxyl groups excluding tert-OH is 1. The first-order chi connectivity index (χ1) is 11.3. The second-order valence-corrected chi connectivity index (χ2v) is 6.09. The Morgan fingerprint density at radius 2 is 2.17 bits per heavy atom. The maximum absolute atomic E-state index is 10.7. The van der Waals surface area contributed by atoms with Crippen LogP contribution < -0.4 is 10.1 Å². The lowest BCUT2D eigenvalue weighted by atomic mass is 9.86. The van der Waals surface area contributed by atoms with Crippen LogP contribution in [0.4, 0.5) is 0 Å². The summed E-state index contributed by atoms with van der Waals surface area (Å²) in [5.74, 6) is 0.856. The fourth-order valence-corrected chi connectivity index (χ4v) is 2.53. The number of nitrogens with zero attached hydrogens (tertiary/aromatic N) is 3. The Kier molecular flexibility index (Phi) is 5.08. The van der Waals surface area contributed by atoms with Crippen LogP contribution in [-0.4, -0.2) is 35.9 Å². The summed E-state index contributed by atoms with van der Waals surface area (Å²) in [5.41, 5.74) is 0.170. The van der Waals surface area contributed by atoms with Crippen LogP contribution >= 0.6 is 0 Å². The van der Waals surface area contributed by atoms with Crippen LogP contribution in [0.1, 0.15) is 37.9 Å². The lowest BCUT2D eigenvalue weighted by Crippen LogP contribution is -2.49. The second-order valence-electron chi connectivity index (χ2n) is 6.09. The molecule has 3 atom stereocenters. The van der Waals surface area contributed by atoms with Crippen LogP contribution in [0.2, 0.25) is 0 Å². The zero-order valence-corrected chi connectivity index (χ0v) is 14.1. The molecule has 7 heteroatoms. The quantitative estimate of drug-likeness (QED) is 0.378. The van der Waals surface area contributed by atoms with E-state index in [9.17, 15) is 5.11 Å². The molecule has 1 aliphatic heterocycles. The van der Waals surface area contributed by atoms with Crippen LogP contribution in [0.25, 0.3) is 0 Å². The molecule has 0 spiro atoms. The van der Waals surface area contributed by atoms with Crippen molar-refractivity contribution in [2.45, 2.75) is 44.6 Å². The van der Waals surface area contributed by atoms with E-state index in [0.29, 0.717) is 22.7 Å². The topological polar surface area (TPSA) is 111 Å². The summed E-state index contributed by atoms with van der Waals surface area (Å²) in [6.45, 7) is 5.27. The predicted octanol–water partition coefficient (Wildman–Crippen LogP) is 1.64. The molecule has 2 N–H and O–H groups in total. The number of hydrogen-bond donors (Lipinski definition) is 2. The van der Waals surface area contributed by atoms with Crippen molar-refractivity contribution in [3.05, 3.63) is 29.3 Å². The average Bonchev–Trinajstić information content (AvgIpc) is 2.56. The molecule has 0 radical (unpaired) electrons. The number of hydrogen-bond acceptors (Lipinski definition) is 6. The van der Waals surface area contributed by atoms with Gasteiger partial charge in [-0.2, -0.15) is 10.5 Å². The standard InChI is InChI=1S/C17H20N4O3/c1-10(23-4)16(20-9-19)21-14-12-7-11(8-18)5-6-13(12)24-17(2,3)15(14)22/h5-7,10,14-15,22H,1-4H3,(H,20,21)/t10?,14-,15+/m1/s1. The molecule has 0 aromatic heterocycles. The fourth-order valence-electron chi connectivity index (χ4n) is 2.53. The van der Waals surface area contributed by atoms with Gasteiger partial charge in [0, 0.05) is 12.7 Å². The highest BCUT2D eigenvalue weighted by molar-refractivity contribution is 5.87. The van der Waals surface area contributed by atoms with E-state index in [1.54, 1.807) is 39.0 Å². The Balaban J connectivity index is 2.58. The molecule has 0 bridgehead atoms. The number of benzene rings is 1. The van der Waals surface area contributed by atoms with Crippen molar-refractivity contribution in [2.24, 2.45) is 4.99 Å². The monoisotopic (exact) mass is 328 g/mol. The highest BCUT2D eigenvalue weighted by atomic mass is 16.5. The molecule has 1 aromatic carbocycles. The van der Waals surface area contributed by atoms with Gasteiger partial charge in [0.1, 0.15) is 35.4 Å². The zero-order chi connectivity index (χ0) is 17.9. The minimum atomic E-state index is -0.960. The van der Waals surface area contributed by atoms with Crippen LogP contribution in [0, 0.1) is 22.8 Å². The number of methoxy groups -OCH3 is 1. The SMILES string of the molecule is COC(C)C(=N[C@@H]1c2cc(C#N)ccc2OC(C)(C)[C@H]1O)NC#N. The van der Waals surface area contributed by atoms with Crippen LogP contribution in [0.3, 0.4) is 0 Å². The van der Waals surface area contributed by atoms with Gasteiger partial charge in [-0.25, -0.2) is 0 Å². The number of nitriles is 2. The molecule has 7 nitrogen and oxygen atoms in total. The number of aliphatic imine (C=N–C) groups is 1. The summed E-state index contributed by atoms with van der Waals surface area (Å²) in [6.07, 6.45) is 0.416. The normalized spacial score (nSPS) is 23.2. The molecular weight excluding hydrogens is 308 g/mol. The first kappa shape index (κ1) is 17.7. The molecule has 1 aliphatic rings. The molecule has 2 rings (SSSR count). The first-order valence-corrected chi connectivity index (χ1v) is 7.50. The van der Waals surface area contributed by atoms with Crippen molar-refractivity contribution >= 4 is 5.84 Å². The number of rotatable bonds is 3. The number of amidine groups is 1. The summed E-state index contributed by atoms with van der Waals surface area (Å²) < 4.78 is 11.1. The van der Waals surface area contributed by atoms with Crippen molar-refractivity contribution in [1.29, 1.82) is 10.5 Å². The minimum Gasteiger partial charge on any atom is -0.485 e. The van der Waals surface area contributed by atoms with Crippen LogP contribution in [0.5, 0.6) is 5.75 Å². The molecular formula is C17H20N4O3. The Labute approximate surface area is 141 Å². The third-order valence-electron chi connectivity index (χ3n) is 4.04. The Morgan fingerprint density at radius 1 is 1.46 bits per heavy atom. The van der Waals surface area contributed by atoms with E-state index >= 15 is 0 Å². The van der Waals surface area contributed by atoms with Gasteiger partial charge >= 0.3 is 0 Å². The fraction of sp³-hybridized carbons (Fsp3) is 0.471. The molecule has 0 saturated carbocycles. The third kappa shape index (κ3) is 3.33. The van der Waals surface area contributed by atoms with Gasteiger partial charge in [0.2, 0.25) is 0 Å². The largest absolute Gasteiger partial charge is 0.485 e. The van der Waals surface area contributed by atoms with E-state index in [1.807, 2.05) is 6.19 Å². The summed E-state index contributed by atoms with van der Waals surface area (Å²) in [6, 6.07) is 6.37. The van der Waals surface area contributed by atoms with Crippen molar-refractivity contribution < 1.29 is 14.6 Å². The van der Waals surface area contributed by atoms with Crippen molar-refractivity contribution in [2.75, 3.05) is 7.11 Å². The van der Waals surface area contributed by atoms with Crippen molar-refractivity contribution in [3.63, 3.8) is 0 Å². The van der Waals surface area contributed by atoms with E-state index in [2.05, 4.69) is 16.4 Å². The predicted molar refractivity (Wildman–Crippen MR) is 87.3 cm³/mol. The molecule has 126 valence electrons. The molecule has 0 aliphatic carbocycles. The first-order valence-electron chi connectivity index (χ1n) is 7.50. The number of aliphatic hydroxyl groups is 1. The van der Waals surface area contributed by atoms with Crippen LogP contribution in [0.15, 0.2) is 23.2 Å². The lowest BCUT2D eigenvalue weighted by molar-refractivity contribution is -0.0568. The van der Waals surface area contributed by atoms with Crippen molar-refractivity contribution in [3.8, 4) is 18.0 Å². The van der Waals surface area contributed by atoms with Gasteiger partial charge in [0.25, 0.3) is 0 Å². The minimum absolute atomic E-state index is 0.301. The number of ether oxygens (including phenoxy) is 2. The number of fused-ring (bicyclic) bond motifs is 1. The molecule has 24 heavy (non-hydrogen) atoms. The molecule has 1 unspecified atom stereocenters. The zero-order valence-electron chi connectivity index (χ0n) is 14.1. The number of nitrogens with one attached hydrogen (secondary N) is 1. The highest BCUT2D eigenvalue weighted by Gasteiger charge is 2.43. The van der Waals surface area contributed by atoms with E-state index in [-0.39, 0.29) is 0 Å². The van der Waals surface area contributed by atoms with E-state index in [1.165, 1.54) is 7.11 Å². The summed E-state index contributed by atoms with van der Waals surface area (Å²) in [5, 5.41) is 31.3. The molecule has 0 amide bonds. The summed E-state index contributed by atoms with van der Waals surface area (Å²) in [7, 11) is 1.51. The highest BCUT2D eigenvalue weighted by Crippen LogP contribution is 2.42. The Morgan fingerprint density at radius 3 is 2.75 bits per heavy atom. The average molecular weight is 328 g/mol.